The lowest BCUT2D eigenvalue weighted by Crippen LogP contribution is -2.40. The Bertz CT molecular complexity index is 731. The summed E-state index contributed by atoms with van der Waals surface area (Å²) in [7, 11) is 0. The number of piperidine rings is 2. The summed E-state index contributed by atoms with van der Waals surface area (Å²) in [6, 6.07) is 0.600. The summed E-state index contributed by atoms with van der Waals surface area (Å²) in [5.41, 5.74) is 0. The Kier molecular flexibility index (Phi) is 6.77. The Morgan fingerprint density at radius 3 is 2.03 bits per heavy atom. The molecule has 0 atom stereocenters. The van der Waals surface area contributed by atoms with Crippen molar-refractivity contribution in [1.82, 2.24) is 24.1 Å². The SMILES string of the molecule is S=c1n(CN2CCC(CN3CCCCCC3)CC2)nc(N2CCCCC2)n1C1CC1. The molecule has 1 aliphatic carbocycles. The minimum absolute atomic E-state index is 0.600. The molecule has 7 heteroatoms. The number of anilines is 1. The van der Waals surface area contributed by atoms with E-state index in [9.17, 15) is 0 Å². The summed E-state index contributed by atoms with van der Waals surface area (Å²) in [5, 5.41) is 5.06. The maximum atomic E-state index is 5.91. The molecule has 0 amide bonds. The van der Waals surface area contributed by atoms with Gasteiger partial charge in [0, 0.05) is 38.8 Å². The fourth-order valence-electron chi connectivity index (χ4n) is 5.65. The molecule has 0 bridgehead atoms. The Labute approximate surface area is 187 Å². The Morgan fingerprint density at radius 2 is 1.37 bits per heavy atom. The summed E-state index contributed by atoms with van der Waals surface area (Å²) < 4.78 is 5.46. The maximum Gasteiger partial charge on any atom is 0.226 e. The molecule has 0 N–H and O–H groups in total. The predicted molar refractivity (Wildman–Crippen MR) is 125 cm³/mol. The van der Waals surface area contributed by atoms with Gasteiger partial charge in [-0.05, 0) is 89.0 Å². The first-order valence-electron chi connectivity index (χ1n) is 12.7. The van der Waals surface area contributed by atoms with E-state index < -0.39 is 0 Å². The molecule has 4 fully saturated rings. The third kappa shape index (κ3) is 4.94. The summed E-state index contributed by atoms with van der Waals surface area (Å²) in [6.07, 6.45) is 14.8. The van der Waals surface area contributed by atoms with Crippen molar-refractivity contribution in [2.45, 2.75) is 83.3 Å². The highest BCUT2D eigenvalue weighted by Crippen LogP contribution is 2.38. The van der Waals surface area contributed by atoms with Gasteiger partial charge in [-0.15, -0.1) is 5.10 Å². The van der Waals surface area contributed by atoms with E-state index in [0.29, 0.717) is 6.04 Å². The zero-order valence-electron chi connectivity index (χ0n) is 18.7. The number of likely N-dealkylation sites (tertiary alicyclic amines) is 2. The summed E-state index contributed by atoms with van der Waals surface area (Å²) in [5.74, 6) is 2.03. The zero-order valence-corrected chi connectivity index (χ0v) is 19.5. The van der Waals surface area contributed by atoms with Crippen molar-refractivity contribution < 1.29 is 0 Å². The molecule has 4 aliphatic rings. The monoisotopic (exact) mass is 432 g/mol. The van der Waals surface area contributed by atoms with Gasteiger partial charge >= 0.3 is 0 Å². The molecule has 0 aromatic carbocycles. The van der Waals surface area contributed by atoms with Gasteiger partial charge in [-0.1, -0.05) is 12.8 Å². The van der Waals surface area contributed by atoms with Crippen molar-refractivity contribution in [3.8, 4) is 0 Å². The third-order valence-electron chi connectivity index (χ3n) is 7.66. The van der Waals surface area contributed by atoms with Crippen molar-refractivity contribution in [2.24, 2.45) is 5.92 Å². The second-order valence-electron chi connectivity index (χ2n) is 10.1. The number of rotatable bonds is 6. The highest BCUT2D eigenvalue weighted by atomic mass is 32.1. The topological polar surface area (TPSA) is 32.5 Å². The predicted octanol–water partition coefficient (Wildman–Crippen LogP) is 4.28. The van der Waals surface area contributed by atoms with E-state index in [1.54, 1.807) is 0 Å². The van der Waals surface area contributed by atoms with E-state index in [1.165, 1.54) is 103 Å². The van der Waals surface area contributed by atoms with Gasteiger partial charge in [0.05, 0.1) is 6.67 Å². The molecule has 0 radical (unpaired) electrons. The van der Waals surface area contributed by atoms with E-state index in [4.69, 9.17) is 17.3 Å². The molecule has 0 spiro atoms. The molecule has 1 aromatic heterocycles. The van der Waals surface area contributed by atoms with Crippen LogP contribution >= 0.6 is 12.2 Å². The normalized spacial score (nSPS) is 25.5. The van der Waals surface area contributed by atoms with Crippen molar-refractivity contribution in [3.63, 3.8) is 0 Å². The molecule has 168 valence electrons. The van der Waals surface area contributed by atoms with Crippen LogP contribution in [-0.4, -0.2) is 70.0 Å². The Morgan fingerprint density at radius 1 is 0.733 bits per heavy atom. The first kappa shape index (κ1) is 21.0. The van der Waals surface area contributed by atoms with Crippen molar-refractivity contribution in [1.29, 1.82) is 0 Å². The Balaban J connectivity index is 1.19. The van der Waals surface area contributed by atoms with Gasteiger partial charge in [-0.25, -0.2) is 4.68 Å². The van der Waals surface area contributed by atoms with Crippen molar-refractivity contribution in [3.05, 3.63) is 4.77 Å². The second-order valence-corrected chi connectivity index (χ2v) is 10.5. The van der Waals surface area contributed by atoms with E-state index in [1.807, 2.05) is 0 Å². The Hall–Kier alpha value is -0.920. The number of nitrogens with zero attached hydrogens (tertiary/aromatic N) is 6. The first-order valence-corrected chi connectivity index (χ1v) is 13.1. The standard InChI is InChI=1S/C23H40N6S/c30-23-28(24-22(29(23)21-8-9-21)27-14-6-3-7-15-27)19-26-16-10-20(11-17-26)18-25-12-4-1-2-5-13-25/h20-21H,1-19H2. The molecule has 3 aliphatic heterocycles. The lowest BCUT2D eigenvalue weighted by atomic mass is 9.96. The van der Waals surface area contributed by atoms with E-state index >= 15 is 0 Å². The zero-order chi connectivity index (χ0) is 20.3. The highest BCUT2D eigenvalue weighted by molar-refractivity contribution is 7.71. The van der Waals surface area contributed by atoms with Gasteiger partial charge in [-0.2, -0.15) is 0 Å². The van der Waals surface area contributed by atoms with Gasteiger partial charge in [0.15, 0.2) is 0 Å². The van der Waals surface area contributed by atoms with Crippen LogP contribution in [0.1, 0.15) is 76.7 Å². The quantitative estimate of drug-likeness (QED) is 0.627. The maximum absolute atomic E-state index is 5.91. The largest absolute Gasteiger partial charge is 0.341 e. The van der Waals surface area contributed by atoms with Crippen molar-refractivity contribution >= 4 is 18.2 Å². The van der Waals surface area contributed by atoms with Crippen LogP contribution in [0.5, 0.6) is 0 Å². The van der Waals surface area contributed by atoms with E-state index in [-0.39, 0.29) is 0 Å². The summed E-state index contributed by atoms with van der Waals surface area (Å²) in [4.78, 5) is 7.81. The fourth-order valence-corrected chi connectivity index (χ4v) is 5.98. The molecule has 1 aromatic rings. The van der Waals surface area contributed by atoms with Crippen molar-refractivity contribution in [2.75, 3.05) is 50.7 Å². The molecule has 1 saturated carbocycles. The smallest absolute Gasteiger partial charge is 0.226 e. The lowest BCUT2D eigenvalue weighted by Gasteiger charge is -2.34. The summed E-state index contributed by atoms with van der Waals surface area (Å²) in [6.45, 7) is 9.51. The summed E-state index contributed by atoms with van der Waals surface area (Å²) >= 11 is 5.91. The van der Waals surface area contributed by atoms with Crippen LogP contribution in [0.2, 0.25) is 0 Å². The highest BCUT2D eigenvalue weighted by Gasteiger charge is 2.31. The molecule has 3 saturated heterocycles. The average molecular weight is 433 g/mol. The molecule has 30 heavy (non-hydrogen) atoms. The third-order valence-corrected chi connectivity index (χ3v) is 8.07. The number of hydrogen-bond acceptors (Lipinski definition) is 5. The molecule has 5 rings (SSSR count). The minimum atomic E-state index is 0.600. The number of hydrogen-bond donors (Lipinski definition) is 0. The molecular weight excluding hydrogens is 392 g/mol. The van der Waals surface area contributed by atoms with Crippen LogP contribution in [0.15, 0.2) is 0 Å². The molecular formula is C23H40N6S. The van der Waals surface area contributed by atoms with Crippen LogP contribution in [0.4, 0.5) is 5.95 Å². The molecule has 0 unspecified atom stereocenters. The molecule has 6 nitrogen and oxygen atoms in total. The number of aromatic nitrogens is 3. The van der Waals surface area contributed by atoms with Gasteiger partial charge in [0.1, 0.15) is 0 Å². The van der Waals surface area contributed by atoms with Crippen LogP contribution in [-0.2, 0) is 6.67 Å². The van der Waals surface area contributed by atoms with Gasteiger partial charge in [-0.3, -0.25) is 9.47 Å². The van der Waals surface area contributed by atoms with E-state index in [2.05, 4.69) is 23.9 Å². The average Bonchev–Trinajstić information content (AvgIpc) is 3.59. The van der Waals surface area contributed by atoms with Crippen LogP contribution in [0.25, 0.3) is 0 Å². The van der Waals surface area contributed by atoms with Gasteiger partial charge in [0.2, 0.25) is 10.7 Å². The van der Waals surface area contributed by atoms with Gasteiger partial charge in [0.25, 0.3) is 0 Å². The fraction of sp³-hybridized carbons (Fsp3) is 0.913. The van der Waals surface area contributed by atoms with E-state index in [0.717, 1.165) is 36.4 Å². The van der Waals surface area contributed by atoms with Crippen LogP contribution < -0.4 is 4.90 Å². The first-order chi connectivity index (χ1) is 14.8. The lowest BCUT2D eigenvalue weighted by molar-refractivity contribution is 0.116. The minimum Gasteiger partial charge on any atom is -0.341 e. The molecule has 4 heterocycles. The second kappa shape index (κ2) is 9.70. The van der Waals surface area contributed by atoms with Crippen LogP contribution in [0.3, 0.4) is 0 Å². The van der Waals surface area contributed by atoms with Crippen LogP contribution in [0, 0.1) is 10.7 Å². The van der Waals surface area contributed by atoms with Gasteiger partial charge < -0.3 is 9.80 Å².